The van der Waals surface area contributed by atoms with E-state index in [-0.39, 0.29) is 0 Å². The molecule has 0 bridgehead atoms. The zero-order chi connectivity index (χ0) is 12.1. The minimum absolute atomic E-state index is 0.497. The molecule has 0 aliphatic rings. The van der Waals surface area contributed by atoms with Gasteiger partial charge in [-0.25, -0.2) is 4.98 Å². The largest absolute Gasteiger partial charge is 0.354 e. The molecular weight excluding hydrogens is 234 g/mol. The first-order valence-electron chi connectivity index (χ1n) is 5.41. The van der Waals surface area contributed by atoms with Crippen LogP contribution in [0, 0.1) is 0 Å². The Hall–Kier alpha value is -1.61. The van der Waals surface area contributed by atoms with Gasteiger partial charge in [0.15, 0.2) is 0 Å². The van der Waals surface area contributed by atoms with Gasteiger partial charge < -0.3 is 4.90 Å². The Morgan fingerprint density at radius 1 is 1.18 bits per heavy atom. The number of pyridine rings is 2. The lowest BCUT2D eigenvalue weighted by Gasteiger charge is -2.17. The fraction of sp³-hybridized carbons (Fsp3) is 0.231. The molecule has 2 rings (SSSR count). The lowest BCUT2D eigenvalue weighted by Crippen LogP contribution is -2.18. The Labute approximate surface area is 106 Å². The third-order valence-corrected chi connectivity index (χ3v) is 2.79. The Kier molecular flexibility index (Phi) is 3.94. The molecule has 2 heterocycles. The van der Waals surface area contributed by atoms with Crippen molar-refractivity contribution in [2.45, 2.75) is 12.4 Å². The first kappa shape index (κ1) is 11.9. The van der Waals surface area contributed by atoms with Crippen molar-refractivity contribution in [3.8, 4) is 0 Å². The molecule has 2 aromatic heterocycles. The molecule has 0 amide bonds. The van der Waals surface area contributed by atoms with Crippen LogP contribution in [0.4, 0.5) is 5.82 Å². The molecule has 0 atom stereocenters. The lowest BCUT2D eigenvalue weighted by atomic mass is 10.3. The van der Waals surface area contributed by atoms with Crippen LogP contribution in [0.3, 0.4) is 0 Å². The number of anilines is 1. The summed E-state index contributed by atoms with van der Waals surface area (Å²) >= 11 is 5.72. The molecule has 0 aliphatic heterocycles. The molecule has 3 nitrogen and oxygen atoms in total. The van der Waals surface area contributed by atoms with E-state index in [0.717, 1.165) is 23.6 Å². The summed E-state index contributed by atoms with van der Waals surface area (Å²) in [6.07, 6.45) is 3.60. The molecule has 0 radical (unpaired) electrons. The van der Waals surface area contributed by atoms with E-state index in [1.807, 2.05) is 37.4 Å². The van der Waals surface area contributed by atoms with Crippen molar-refractivity contribution < 1.29 is 0 Å². The quantitative estimate of drug-likeness (QED) is 0.778. The van der Waals surface area contributed by atoms with Crippen LogP contribution in [0.1, 0.15) is 11.3 Å². The number of alkyl halides is 1. The SMILES string of the molecule is CN(Cc1ccccn1)c1ccc(CCl)cn1. The zero-order valence-corrected chi connectivity index (χ0v) is 10.4. The summed E-state index contributed by atoms with van der Waals surface area (Å²) < 4.78 is 0. The fourth-order valence-electron chi connectivity index (χ4n) is 1.54. The number of rotatable bonds is 4. The molecule has 0 fully saturated rings. The highest BCUT2D eigenvalue weighted by Crippen LogP contribution is 2.13. The molecule has 0 saturated heterocycles. The number of hydrogen-bond donors (Lipinski definition) is 0. The summed E-state index contributed by atoms with van der Waals surface area (Å²) in [7, 11) is 2.00. The van der Waals surface area contributed by atoms with Crippen molar-refractivity contribution >= 4 is 17.4 Å². The topological polar surface area (TPSA) is 29.0 Å². The number of aromatic nitrogens is 2. The Bertz CT molecular complexity index is 456. The Balaban J connectivity index is 2.06. The second-order valence-electron chi connectivity index (χ2n) is 3.84. The van der Waals surface area contributed by atoms with Gasteiger partial charge in [-0.05, 0) is 23.8 Å². The highest BCUT2D eigenvalue weighted by atomic mass is 35.5. The lowest BCUT2D eigenvalue weighted by molar-refractivity contribution is 0.865. The average Bonchev–Trinajstić information content (AvgIpc) is 2.40. The second-order valence-corrected chi connectivity index (χ2v) is 4.10. The van der Waals surface area contributed by atoms with Crippen LogP contribution >= 0.6 is 11.6 Å². The summed E-state index contributed by atoms with van der Waals surface area (Å²) in [5.74, 6) is 1.42. The molecule has 0 spiro atoms. The van der Waals surface area contributed by atoms with E-state index >= 15 is 0 Å². The van der Waals surface area contributed by atoms with E-state index in [2.05, 4.69) is 14.9 Å². The van der Waals surface area contributed by atoms with E-state index in [0.29, 0.717) is 5.88 Å². The summed E-state index contributed by atoms with van der Waals surface area (Å²) in [4.78, 5) is 10.7. The van der Waals surface area contributed by atoms with Gasteiger partial charge in [0.2, 0.25) is 0 Å². The van der Waals surface area contributed by atoms with Crippen LogP contribution in [-0.2, 0) is 12.4 Å². The van der Waals surface area contributed by atoms with Crippen LogP contribution in [0.25, 0.3) is 0 Å². The maximum Gasteiger partial charge on any atom is 0.128 e. The Morgan fingerprint density at radius 2 is 2.06 bits per heavy atom. The van der Waals surface area contributed by atoms with Gasteiger partial charge in [0.05, 0.1) is 12.2 Å². The van der Waals surface area contributed by atoms with Crippen molar-refractivity contribution in [3.63, 3.8) is 0 Å². The van der Waals surface area contributed by atoms with Crippen molar-refractivity contribution in [3.05, 3.63) is 54.0 Å². The van der Waals surface area contributed by atoms with Gasteiger partial charge in [0.25, 0.3) is 0 Å². The minimum Gasteiger partial charge on any atom is -0.354 e. The molecule has 0 unspecified atom stereocenters. The summed E-state index contributed by atoms with van der Waals surface area (Å²) in [5.41, 5.74) is 2.06. The first-order chi connectivity index (χ1) is 8.29. The van der Waals surface area contributed by atoms with Gasteiger partial charge in [0, 0.05) is 25.3 Å². The van der Waals surface area contributed by atoms with Crippen LogP contribution in [0.5, 0.6) is 0 Å². The summed E-state index contributed by atoms with van der Waals surface area (Å²) in [6, 6.07) is 9.87. The monoisotopic (exact) mass is 247 g/mol. The highest BCUT2D eigenvalue weighted by molar-refractivity contribution is 6.17. The van der Waals surface area contributed by atoms with Crippen LogP contribution in [0.2, 0.25) is 0 Å². The standard InChI is InChI=1S/C13H14ClN3/c1-17(10-12-4-2-3-7-15-12)13-6-5-11(8-14)9-16-13/h2-7,9H,8,10H2,1H3. The van der Waals surface area contributed by atoms with Crippen molar-refractivity contribution in [2.24, 2.45) is 0 Å². The molecule has 0 aromatic carbocycles. The molecule has 0 saturated carbocycles. The third-order valence-electron chi connectivity index (χ3n) is 2.48. The zero-order valence-electron chi connectivity index (χ0n) is 9.68. The third kappa shape index (κ3) is 3.17. The van der Waals surface area contributed by atoms with E-state index in [4.69, 9.17) is 11.6 Å². The van der Waals surface area contributed by atoms with Gasteiger partial charge in [-0.15, -0.1) is 11.6 Å². The maximum atomic E-state index is 5.72. The van der Waals surface area contributed by atoms with E-state index in [1.54, 1.807) is 12.4 Å². The normalized spacial score (nSPS) is 10.2. The fourth-order valence-corrected chi connectivity index (χ4v) is 1.70. The molecule has 4 heteroatoms. The van der Waals surface area contributed by atoms with Crippen molar-refractivity contribution in [1.82, 2.24) is 9.97 Å². The first-order valence-corrected chi connectivity index (χ1v) is 5.95. The van der Waals surface area contributed by atoms with Crippen molar-refractivity contribution in [2.75, 3.05) is 11.9 Å². The molecule has 0 N–H and O–H groups in total. The van der Waals surface area contributed by atoms with Gasteiger partial charge in [-0.2, -0.15) is 0 Å². The Morgan fingerprint density at radius 3 is 2.65 bits per heavy atom. The smallest absolute Gasteiger partial charge is 0.128 e. The molecule has 2 aromatic rings. The predicted molar refractivity (Wildman–Crippen MR) is 70.1 cm³/mol. The van der Waals surface area contributed by atoms with Crippen LogP contribution in [0.15, 0.2) is 42.7 Å². The summed E-state index contributed by atoms with van der Waals surface area (Å²) in [5, 5.41) is 0. The highest BCUT2D eigenvalue weighted by Gasteiger charge is 2.03. The predicted octanol–water partition coefficient (Wildman–Crippen LogP) is 2.85. The van der Waals surface area contributed by atoms with Gasteiger partial charge in [-0.3, -0.25) is 4.98 Å². The van der Waals surface area contributed by atoms with E-state index in [1.165, 1.54) is 0 Å². The number of halogens is 1. The maximum absolute atomic E-state index is 5.72. The molecule has 17 heavy (non-hydrogen) atoms. The van der Waals surface area contributed by atoms with Crippen LogP contribution in [-0.4, -0.2) is 17.0 Å². The molecule has 0 aliphatic carbocycles. The number of nitrogens with zero attached hydrogens (tertiary/aromatic N) is 3. The van der Waals surface area contributed by atoms with Gasteiger partial charge in [0.1, 0.15) is 5.82 Å². The van der Waals surface area contributed by atoms with Crippen LogP contribution < -0.4 is 4.90 Å². The number of hydrogen-bond acceptors (Lipinski definition) is 3. The average molecular weight is 248 g/mol. The molecular formula is C13H14ClN3. The van der Waals surface area contributed by atoms with E-state index in [9.17, 15) is 0 Å². The van der Waals surface area contributed by atoms with Crippen molar-refractivity contribution in [1.29, 1.82) is 0 Å². The molecule has 88 valence electrons. The second kappa shape index (κ2) is 5.64. The summed E-state index contributed by atoms with van der Waals surface area (Å²) in [6.45, 7) is 0.744. The van der Waals surface area contributed by atoms with Gasteiger partial charge in [-0.1, -0.05) is 12.1 Å². The van der Waals surface area contributed by atoms with E-state index < -0.39 is 0 Å². The minimum atomic E-state index is 0.497. The van der Waals surface area contributed by atoms with Gasteiger partial charge >= 0.3 is 0 Å².